The van der Waals surface area contributed by atoms with Gasteiger partial charge in [0.2, 0.25) is 0 Å². The van der Waals surface area contributed by atoms with Crippen molar-refractivity contribution >= 4 is 0 Å². The van der Waals surface area contributed by atoms with Crippen molar-refractivity contribution in [1.29, 1.82) is 0 Å². The monoisotopic (exact) mass is 206 g/mol. The van der Waals surface area contributed by atoms with Crippen LogP contribution < -0.4 is 4.90 Å². The second-order valence-electron chi connectivity index (χ2n) is 3.22. The maximum atomic E-state index is 8.25. The first-order valence-corrected chi connectivity index (χ1v) is 5.23. The molecule has 0 aliphatic heterocycles. The van der Waals surface area contributed by atoms with Crippen LogP contribution in [0.5, 0.6) is 0 Å². The van der Waals surface area contributed by atoms with E-state index in [4.69, 9.17) is 15.3 Å². The van der Waals surface area contributed by atoms with Gasteiger partial charge in [0, 0.05) is 0 Å². The van der Waals surface area contributed by atoms with Gasteiger partial charge in [0.25, 0.3) is 0 Å². The fourth-order valence-corrected chi connectivity index (χ4v) is 1.44. The van der Waals surface area contributed by atoms with Crippen LogP contribution in [-0.2, 0) is 0 Å². The summed E-state index contributed by atoms with van der Waals surface area (Å²) in [5.41, 5.74) is 0. The molecule has 86 valence electrons. The Morgan fingerprint density at radius 2 is 1.14 bits per heavy atom. The summed E-state index contributed by atoms with van der Waals surface area (Å²) in [5, 5.41) is 14.8. The third kappa shape index (κ3) is 17.3. The fraction of sp³-hybridized carbons (Fsp3) is 1.00. The van der Waals surface area contributed by atoms with Gasteiger partial charge < -0.3 is 20.2 Å². The van der Waals surface area contributed by atoms with Gasteiger partial charge in [-0.15, -0.1) is 0 Å². The fourth-order valence-electron chi connectivity index (χ4n) is 1.44. The number of quaternary nitrogens is 1. The zero-order valence-electron chi connectivity index (χ0n) is 9.41. The molecule has 0 radical (unpaired) electrons. The van der Waals surface area contributed by atoms with Crippen LogP contribution in [0.2, 0.25) is 0 Å². The molecule has 0 aliphatic carbocycles. The molecule has 0 rings (SSSR count). The van der Waals surface area contributed by atoms with Crippen molar-refractivity contribution in [3.05, 3.63) is 15.3 Å². The van der Waals surface area contributed by atoms with Gasteiger partial charge in [0.15, 0.2) is 0 Å². The molecule has 0 spiro atoms. The van der Waals surface area contributed by atoms with Crippen molar-refractivity contribution < 1.29 is 9.99 Å². The predicted octanol–water partition coefficient (Wildman–Crippen LogP) is 0.862. The molecule has 0 atom stereocenters. The highest BCUT2D eigenvalue weighted by Crippen LogP contribution is 1.71. The van der Waals surface area contributed by atoms with Crippen molar-refractivity contribution in [2.45, 2.75) is 40.0 Å². The number of nitrogens with zero attached hydrogens (tertiary/aromatic N) is 1. The summed E-state index contributed by atoms with van der Waals surface area (Å²) in [6.07, 6.45) is 3.99. The van der Waals surface area contributed by atoms with Gasteiger partial charge in [0.05, 0.1) is 24.7 Å². The van der Waals surface area contributed by atoms with E-state index in [1.807, 2.05) is 0 Å². The van der Waals surface area contributed by atoms with E-state index in [9.17, 15) is 0 Å². The summed E-state index contributed by atoms with van der Waals surface area (Å²) in [6, 6.07) is 0. The summed E-state index contributed by atoms with van der Waals surface area (Å²) in [4.78, 5) is 10.0. The van der Waals surface area contributed by atoms with Crippen LogP contribution >= 0.6 is 0 Å². The van der Waals surface area contributed by atoms with Gasteiger partial charge in [-0.05, 0) is 19.3 Å². The van der Waals surface area contributed by atoms with E-state index < -0.39 is 5.09 Å². The quantitative estimate of drug-likeness (QED) is 0.517. The average Bonchev–Trinajstić information content (AvgIpc) is 2.04. The molecule has 5 heteroatoms. The highest BCUT2D eigenvalue weighted by atomic mass is 16.9. The summed E-state index contributed by atoms with van der Waals surface area (Å²) in [6.45, 7) is 10.9. The van der Waals surface area contributed by atoms with Crippen LogP contribution in [-0.4, -0.2) is 24.7 Å². The summed E-state index contributed by atoms with van der Waals surface area (Å²) in [7, 11) is 0. The Morgan fingerprint density at radius 3 is 1.29 bits per heavy atom. The van der Waals surface area contributed by atoms with Gasteiger partial charge >= 0.3 is 0 Å². The third-order valence-corrected chi connectivity index (χ3v) is 1.81. The lowest BCUT2D eigenvalue weighted by atomic mass is 10.3. The smallest absolute Gasteiger partial charge is 0.0768 e. The Labute approximate surface area is 85.8 Å². The standard InChI is InChI=1S/C9H21N.NO3/c1-4-7-10(8-5-2)9-6-3;2-1(3)4/h4-9H2,1-3H3;/q;-1/p+1. The Morgan fingerprint density at radius 1 is 0.929 bits per heavy atom. The molecule has 5 nitrogen and oxygen atoms in total. The molecule has 0 aromatic heterocycles. The first kappa shape index (κ1) is 15.6. The van der Waals surface area contributed by atoms with Crippen molar-refractivity contribution in [1.82, 2.24) is 0 Å². The predicted molar refractivity (Wildman–Crippen MR) is 56.8 cm³/mol. The molecular formula is C9H22N2O3. The molecule has 0 fully saturated rings. The topological polar surface area (TPSA) is 70.6 Å². The first-order valence-electron chi connectivity index (χ1n) is 5.23. The summed E-state index contributed by atoms with van der Waals surface area (Å²) >= 11 is 0. The van der Waals surface area contributed by atoms with E-state index in [1.165, 1.54) is 38.9 Å². The number of nitrogens with one attached hydrogen (secondary N) is 1. The van der Waals surface area contributed by atoms with Gasteiger partial charge in [-0.25, -0.2) is 0 Å². The SMILES string of the molecule is CCC[NH+](CCC)CCC.O=[N+]([O-])[O-]. The van der Waals surface area contributed by atoms with Crippen LogP contribution in [0.25, 0.3) is 0 Å². The van der Waals surface area contributed by atoms with Crippen molar-refractivity contribution in [2.75, 3.05) is 19.6 Å². The van der Waals surface area contributed by atoms with Gasteiger partial charge in [-0.1, -0.05) is 20.8 Å². The first-order chi connectivity index (χ1) is 6.58. The largest absolute Gasteiger partial charge is 0.356 e. The summed E-state index contributed by atoms with van der Waals surface area (Å²) < 4.78 is 0. The Kier molecular flexibility index (Phi) is 13.6. The normalized spacial score (nSPS) is 9.43. The Balaban J connectivity index is 0. The second-order valence-corrected chi connectivity index (χ2v) is 3.22. The molecule has 0 heterocycles. The van der Waals surface area contributed by atoms with E-state index in [0.29, 0.717) is 0 Å². The number of rotatable bonds is 6. The van der Waals surface area contributed by atoms with E-state index in [1.54, 1.807) is 4.90 Å². The lowest BCUT2D eigenvalue weighted by Crippen LogP contribution is -3.11. The van der Waals surface area contributed by atoms with E-state index in [2.05, 4.69) is 20.8 Å². The summed E-state index contributed by atoms with van der Waals surface area (Å²) in [5.74, 6) is 0. The minimum atomic E-state index is -1.75. The second kappa shape index (κ2) is 12.2. The lowest BCUT2D eigenvalue weighted by Gasteiger charge is -2.16. The highest BCUT2D eigenvalue weighted by molar-refractivity contribution is 4.29. The zero-order valence-corrected chi connectivity index (χ0v) is 9.41. The highest BCUT2D eigenvalue weighted by Gasteiger charge is 2.01. The third-order valence-electron chi connectivity index (χ3n) is 1.81. The number of hydrogen-bond donors (Lipinski definition) is 1. The maximum absolute atomic E-state index is 8.25. The maximum Gasteiger partial charge on any atom is 0.0768 e. The molecule has 0 unspecified atom stereocenters. The van der Waals surface area contributed by atoms with Crippen molar-refractivity contribution in [2.24, 2.45) is 0 Å². The molecule has 0 saturated carbocycles. The molecule has 1 N–H and O–H groups in total. The van der Waals surface area contributed by atoms with Crippen LogP contribution in [0, 0.1) is 15.3 Å². The molecule has 0 bridgehead atoms. The lowest BCUT2D eigenvalue weighted by molar-refractivity contribution is -0.900. The Bertz CT molecular complexity index is 113. The zero-order chi connectivity index (χ0) is 11.4. The van der Waals surface area contributed by atoms with Crippen molar-refractivity contribution in [3.63, 3.8) is 0 Å². The van der Waals surface area contributed by atoms with Crippen LogP contribution in [0.3, 0.4) is 0 Å². The molecule has 0 aromatic rings. The van der Waals surface area contributed by atoms with Crippen LogP contribution in [0.1, 0.15) is 40.0 Å². The minimum Gasteiger partial charge on any atom is -0.356 e. The van der Waals surface area contributed by atoms with E-state index in [-0.39, 0.29) is 0 Å². The van der Waals surface area contributed by atoms with Gasteiger partial charge in [-0.3, -0.25) is 0 Å². The molecule has 14 heavy (non-hydrogen) atoms. The van der Waals surface area contributed by atoms with Gasteiger partial charge in [0.1, 0.15) is 0 Å². The van der Waals surface area contributed by atoms with E-state index in [0.717, 1.165) is 0 Å². The van der Waals surface area contributed by atoms with Gasteiger partial charge in [-0.2, -0.15) is 0 Å². The molecule has 0 amide bonds. The van der Waals surface area contributed by atoms with Crippen LogP contribution in [0.4, 0.5) is 0 Å². The molecule has 0 saturated heterocycles. The minimum absolute atomic E-state index is 1.33. The number of hydrogen-bond acceptors (Lipinski definition) is 3. The van der Waals surface area contributed by atoms with Crippen LogP contribution in [0.15, 0.2) is 0 Å². The Hall–Kier alpha value is -0.840. The molecule has 0 aliphatic rings. The molecular weight excluding hydrogens is 184 g/mol. The molecule has 0 aromatic carbocycles. The van der Waals surface area contributed by atoms with Crippen molar-refractivity contribution in [3.8, 4) is 0 Å². The van der Waals surface area contributed by atoms with E-state index >= 15 is 0 Å². The average molecular weight is 206 g/mol.